The zero-order valence-corrected chi connectivity index (χ0v) is 13.3. The molecule has 0 amide bonds. The molecule has 2 N–H and O–H groups in total. The molecule has 5 heteroatoms. The number of piperidine rings is 1. The fourth-order valence-corrected chi connectivity index (χ4v) is 4.70. The molecule has 1 aliphatic heterocycles. The van der Waals surface area contributed by atoms with Crippen LogP contribution in [0.25, 0.3) is 0 Å². The maximum atomic E-state index is 12.1. The molecule has 0 radical (unpaired) electrons. The SMILES string of the molecule is CC(C)(C)CCS(=O)(=O)NC1CCNC2(CCC2)C1. The Labute approximate surface area is 117 Å². The third-order valence-electron chi connectivity index (χ3n) is 4.41. The van der Waals surface area contributed by atoms with Crippen LogP contribution in [0.1, 0.15) is 59.3 Å². The summed E-state index contributed by atoms with van der Waals surface area (Å²) in [4.78, 5) is 0. The summed E-state index contributed by atoms with van der Waals surface area (Å²) in [6.07, 6.45) is 6.26. The van der Waals surface area contributed by atoms with Crippen LogP contribution in [0.15, 0.2) is 0 Å². The Kier molecular flexibility index (Phi) is 4.29. The number of nitrogens with one attached hydrogen (secondary N) is 2. The Morgan fingerprint density at radius 2 is 2.00 bits per heavy atom. The summed E-state index contributed by atoms with van der Waals surface area (Å²) in [6, 6.07) is 0.131. The van der Waals surface area contributed by atoms with Crippen molar-refractivity contribution in [1.82, 2.24) is 10.0 Å². The Hall–Kier alpha value is -0.130. The van der Waals surface area contributed by atoms with Gasteiger partial charge in [0.05, 0.1) is 5.75 Å². The van der Waals surface area contributed by atoms with E-state index in [1.165, 1.54) is 19.3 Å². The average Bonchev–Trinajstić information content (AvgIpc) is 2.23. The lowest BCUT2D eigenvalue weighted by atomic mass is 9.70. The van der Waals surface area contributed by atoms with Gasteiger partial charge in [-0.05, 0) is 50.5 Å². The maximum absolute atomic E-state index is 12.1. The molecule has 0 aromatic carbocycles. The molecule has 1 atom stereocenters. The zero-order valence-electron chi connectivity index (χ0n) is 12.5. The number of hydrogen-bond acceptors (Lipinski definition) is 3. The third kappa shape index (κ3) is 4.43. The molecule has 112 valence electrons. The monoisotopic (exact) mass is 288 g/mol. The van der Waals surface area contributed by atoms with Gasteiger partial charge < -0.3 is 5.32 Å². The lowest BCUT2D eigenvalue weighted by Crippen LogP contribution is -2.59. The minimum absolute atomic E-state index is 0.0675. The van der Waals surface area contributed by atoms with E-state index in [0.29, 0.717) is 6.42 Å². The van der Waals surface area contributed by atoms with Crippen molar-refractivity contribution in [1.29, 1.82) is 0 Å². The molecule has 19 heavy (non-hydrogen) atoms. The van der Waals surface area contributed by atoms with E-state index in [1.54, 1.807) is 0 Å². The summed E-state index contributed by atoms with van der Waals surface area (Å²) in [6.45, 7) is 7.18. The van der Waals surface area contributed by atoms with E-state index in [0.717, 1.165) is 19.4 Å². The summed E-state index contributed by atoms with van der Waals surface area (Å²) >= 11 is 0. The van der Waals surface area contributed by atoms with E-state index in [1.807, 2.05) is 0 Å². The second-order valence-electron chi connectivity index (χ2n) is 7.50. The van der Waals surface area contributed by atoms with E-state index >= 15 is 0 Å². The predicted octanol–water partition coefficient (Wildman–Crippen LogP) is 2.02. The second-order valence-corrected chi connectivity index (χ2v) is 9.37. The largest absolute Gasteiger partial charge is 0.311 e. The average molecular weight is 288 g/mol. The highest BCUT2D eigenvalue weighted by Gasteiger charge is 2.41. The van der Waals surface area contributed by atoms with E-state index in [4.69, 9.17) is 0 Å². The molecule has 1 unspecified atom stereocenters. The van der Waals surface area contributed by atoms with Crippen LogP contribution < -0.4 is 10.0 Å². The molecule has 2 aliphatic rings. The lowest BCUT2D eigenvalue weighted by Gasteiger charge is -2.48. The first-order valence-corrected chi connectivity index (χ1v) is 9.10. The van der Waals surface area contributed by atoms with E-state index < -0.39 is 10.0 Å². The van der Waals surface area contributed by atoms with Gasteiger partial charge >= 0.3 is 0 Å². The first kappa shape index (κ1) is 15.3. The van der Waals surface area contributed by atoms with Gasteiger partial charge in [0.2, 0.25) is 10.0 Å². The minimum Gasteiger partial charge on any atom is -0.311 e. The molecule has 0 bridgehead atoms. The van der Waals surface area contributed by atoms with Crippen molar-refractivity contribution in [2.24, 2.45) is 5.41 Å². The molecule has 4 nitrogen and oxygen atoms in total. The Bertz CT molecular complexity index is 408. The number of rotatable bonds is 4. The van der Waals surface area contributed by atoms with Crippen LogP contribution in [0.4, 0.5) is 0 Å². The van der Waals surface area contributed by atoms with E-state index in [-0.39, 0.29) is 22.7 Å². The highest BCUT2D eigenvalue weighted by atomic mass is 32.2. The molecular weight excluding hydrogens is 260 g/mol. The van der Waals surface area contributed by atoms with Gasteiger partial charge in [0.1, 0.15) is 0 Å². The van der Waals surface area contributed by atoms with Crippen LogP contribution in [-0.4, -0.2) is 32.3 Å². The van der Waals surface area contributed by atoms with E-state index in [9.17, 15) is 8.42 Å². The molecule has 1 saturated carbocycles. The van der Waals surface area contributed by atoms with Gasteiger partial charge in [0.15, 0.2) is 0 Å². The van der Waals surface area contributed by atoms with Crippen molar-refractivity contribution in [3.05, 3.63) is 0 Å². The molecule has 2 fully saturated rings. The Morgan fingerprint density at radius 3 is 2.53 bits per heavy atom. The topological polar surface area (TPSA) is 58.2 Å². The van der Waals surface area contributed by atoms with E-state index in [2.05, 4.69) is 30.8 Å². The Morgan fingerprint density at radius 1 is 1.32 bits per heavy atom. The standard InChI is InChI=1S/C14H28N2O2S/c1-13(2,3)8-10-19(17,18)16-12-5-9-15-14(11-12)6-4-7-14/h12,15-16H,4-11H2,1-3H3. The van der Waals surface area contributed by atoms with Gasteiger partial charge in [-0.3, -0.25) is 0 Å². The second kappa shape index (κ2) is 5.34. The van der Waals surface area contributed by atoms with Crippen LogP contribution in [0.2, 0.25) is 0 Å². The smallest absolute Gasteiger partial charge is 0.211 e. The predicted molar refractivity (Wildman–Crippen MR) is 78.6 cm³/mol. The maximum Gasteiger partial charge on any atom is 0.211 e. The minimum atomic E-state index is -3.13. The first-order valence-electron chi connectivity index (χ1n) is 7.45. The highest BCUT2D eigenvalue weighted by Crippen LogP contribution is 2.38. The van der Waals surface area contributed by atoms with Crippen LogP contribution >= 0.6 is 0 Å². The molecule has 2 rings (SSSR count). The molecule has 1 aliphatic carbocycles. The van der Waals surface area contributed by atoms with Crippen LogP contribution in [0.5, 0.6) is 0 Å². The quantitative estimate of drug-likeness (QED) is 0.832. The summed E-state index contributed by atoms with van der Waals surface area (Å²) in [5, 5.41) is 3.57. The number of hydrogen-bond donors (Lipinski definition) is 2. The summed E-state index contributed by atoms with van der Waals surface area (Å²) in [5.74, 6) is 0.243. The highest BCUT2D eigenvalue weighted by molar-refractivity contribution is 7.89. The van der Waals surface area contributed by atoms with Crippen molar-refractivity contribution >= 4 is 10.0 Å². The van der Waals surface area contributed by atoms with Gasteiger partial charge in [-0.1, -0.05) is 20.8 Å². The number of sulfonamides is 1. The van der Waals surface area contributed by atoms with Gasteiger partial charge in [-0.15, -0.1) is 0 Å². The van der Waals surface area contributed by atoms with Gasteiger partial charge in [0.25, 0.3) is 0 Å². The zero-order chi connectivity index (χ0) is 14.1. The Balaban J connectivity index is 1.85. The molecule has 1 spiro atoms. The summed E-state index contributed by atoms with van der Waals surface area (Å²) in [7, 11) is -3.13. The van der Waals surface area contributed by atoms with Crippen molar-refractivity contribution in [3.63, 3.8) is 0 Å². The fraction of sp³-hybridized carbons (Fsp3) is 1.00. The summed E-state index contributed by atoms with van der Waals surface area (Å²) in [5.41, 5.74) is 0.313. The molecule has 1 heterocycles. The fourth-order valence-electron chi connectivity index (χ4n) is 3.00. The lowest BCUT2D eigenvalue weighted by molar-refractivity contribution is 0.126. The summed E-state index contributed by atoms with van der Waals surface area (Å²) < 4.78 is 27.2. The molecular formula is C14H28N2O2S. The molecule has 0 aromatic heterocycles. The normalized spacial score (nSPS) is 27.2. The van der Waals surface area contributed by atoms with Crippen molar-refractivity contribution < 1.29 is 8.42 Å². The van der Waals surface area contributed by atoms with Crippen LogP contribution in [-0.2, 0) is 10.0 Å². The van der Waals surface area contributed by atoms with Crippen molar-refractivity contribution in [3.8, 4) is 0 Å². The van der Waals surface area contributed by atoms with Crippen LogP contribution in [0, 0.1) is 5.41 Å². The van der Waals surface area contributed by atoms with Crippen molar-refractivity contribution in [2.45, 2.75) is 70.9 Å². The van der Waals surface area contributed by atoms with Gasteiger partial charge in [-0.2, -0.15) is 0 Å². The van der Waals surface area contributed by atoms with Gasteiger partial charge in [0, 0.05) is 11.6 Å². The van der Waals surface area contributed by atoms with Crippen molar-refractivity contribution in [2.75, 3.05) is 12.3 Å². The van der Waals surface area contributed by atoms with Crippen LogP contribution in [0.3, 0.4) is 0 Å². The molecule has 0 aromatic rings. The molecule has 1 saturated heterocycles. The third-order valence-corrected chi connectivity index (χ3v) is 5.84. The van der Waals surface area contributed by atoms with Gasteiger partial charge in [-0.25, -0.2) is 13.1 Å². The first-order chi connectivity index (χ1) is 8.70.